The van der Waals surface area contributed by atoms with E-state index in [1.165, 1.54) is 0 Å². The fourth-order valence-corrected chi connectivity index (χ4v) is 3.14. The van der Waals surface area contributed by atoms with Crippen molar-refractivity contribution in [2.75, 3.05) is 46.5 Å². The number of benzene rings is 1. The fourth-order valence-electron chi connectivity index (χ4n) is 3.14. The molecule has 1 aromatic carbocycles. The highest BCUT2D eigenvalue weighted by Crippen LogP contribution is 2.25. The predicted molar refractivity (Wildman–Crippen MR) is 100 cm³/mol. The monoisotopic (exact) mass is 362 g/mol. The average Bonchev–Trinajstić information content (AvgIpc) is 2.89. The van der Waals surface area contributed by atoms with Crippen LogP contribution in [0.1, 0.15) is 29.5 Å². The van der Waals surface area contributed by atoms with E-state index in [4.69, 9.17) is 9.47 Å². The first-order valence-electron chi connectivity index (χ1n) is 9.18. The average molecular weight is 362 g/mol. The molecule has 26 heavy (non-hydrogen) atoms. The van der Waals surface area contributed by atoms with Crippen LogP contribution in [0.5, 0.6) is 5.75 Å². The maximum absolute atomic E-state index is 12.6. The molecule has 0 aliphatic carbocycles. The molecular formula is C20H30N2O4. The van der Waals surface area contributed by atoms with Gasteiger partial charge in [0.25, 0.3) is 5.91 Å². The maximum atomic E-state index is 12.6. The summed E-state index contributed by atoms with van der Waals surface area (Å²) in [6.45, 7) is 8.95. The van der Waals surface area contributed by atoms with Crippen LogP contribution in [0.4, 0.5) is 0 Å². The summed E-state index contributed by atoms with van der Waals surface area (Å²) in [4.78, 5) is 28.3. The van der Waals surface area contributed by atoms with Gasteiger partial charge in [-0.05, 0) is 43.9 Å². The molecule has 1 aliphatic rings. The van der Waals surface area contributed by atoms with Crippen LogP contribution >= 0.6 is 0 Å². The first-order valence-corrected chi connectivity index (χ1v) is 9.18. The highest BCUT2D eigenvalue weighted by atomic mass is 16.5. The van der Waals surface area contributed by atoms with Gasteiger partial charge in [0.2, 0.25) is 5.91 Å². The summed E-state index contributed by atoms with van der Waals surface area (Å²) in [5, 5.41) is 0. The van der Waals surface area contributed by atoms with E-state index >= 15 is 0 Å². The molecule has 1 fully saturated rings. The molecule has 0 aromatic heterocycles. The minimum atomic E-state index is -0.0310. The summed E-state index contributed by atoms with van der Waals surface area (Å²) in [5.74, 6) is 0.851. The lowest BCUT2D eigenvalue weighted by atomic mass is 10.1. The summed E-state index contributed by atoms with van der Waals surface area (Å²) in [6, 6.07) is 4.07. The van der Waals surface area contributed by atoms with Crippen LogP contribution < -0.4 is 4.74 Å². The zero-order valence-corrected chi connectivity index (χ0v) is 16.3. The number of nitrogens with zero attached hydrogens (tertiary/aromatic N) is 2. The minimum absolute atomic E-state index is 0.0305. The third-order valence-electron chi connectivity index (χ3n) is 4.93. The number of methoxy groups -OCH3 is 1. The molecule has 0 N–H and O–H groups in total. The first kappa shape index (κ1) is 20.2. The van der Waals surface area contributed by atoms with Crippen LogP contribution in [-0.4, -0.2) is 68.1 Å². The Balaban J connectivity index is 1.89. The van der Waals surface area contributed by atoms with Gasteiger partial charge in [0.15, 0.2) is 6.61 Å². The lowest BCUT2D eigenvalue weighted by molar-refractivity contribution is -0.135. The number of carbonyl (C=O) groups is 2. The molecule has 1 saturated heterocycles. The highest BCUT2D eigenvalue weighted by Gasteiger charge is 2.22. The van der Waals surface area contributed by atoms with Gasteiger partial charge in [-0.1, -0.05) is 12.1 Å². The van der Waals surface area contributed by atoms with Gasteiger partial charge >= 0.3 is 0 Å². The van der Waals surface area contributed by atoms with Crippen LogP contribution in [0.15, 0.2) is 12.1 Å². The number of hydrogen-bond acceptors (Lipinski definition) is 4. The third kappa shape index (κ3) is 5.21. The summed E-state index contributed by atoms with van der Waals surface area (Å²) < 4.78 is 10.8. The Bertz CT molecular complexity index is 645. The molecule has 1 heterocycles. The Morgan fingerprint density at radius 1 is 0.962 bits per heavy atom. The first-order chi connectivity index (χ1) is 12.4. The number of amides is 2. The predicted octanol–water partition coefficient (Wildman–Crippen LogP) is 2.09. The van der Waals surface area contributed by atoms with Crippen molar-refractivity contribution >= 4 is 11.8 Å². The van der Waals surface area contributed by atoms with Gasteiger partial charge in [-0.25, -0.2) is 0 Å². The van der Waals surface area contributed by atoms with Crippen LogP contribution in [0, 0.1) is 20.8 Å². The number of rotatable bonds is 6. The summed E-state index contributed by atoms with van der Waals surface area (Å²) in [6.07, 6.45) is 1.17. The molecule has 144 valence electrons. The fraction of sp³-hybridized carbons (Fsp3) is 0.600. The zero-order chi connectivity index (χ0) is 19.1. The third-order valence-corrected chi connectivity index (χ3v) is 4.93. The Hall–Kier alpha value is -2.08. The second kappa shape index (κ2) is 9.57. The van der Waals surface area contributed by atoms with Crippen molar-refractivity contribution in [1.82, 2.24) is 9.80 Å². The Morgan fingerprint density at radius 2 is 1.58 bits per heavy atom. The Kier molecular flexibility index (Phi) is 7.45. The number of aryl methyl sites for hydroxylation is 2. The van der Waals surface area contributed by atoms with Crippen molar-refractivity contribution < 1.29 is 19.1 Å². The van der Waals surface area contributed by atoms with Crippen molar-refractivity contribution in [3.8, 4) is 5.75 Å². The lowest BCUT2D eigenvalue weighted by Crippen LogP contribution is -2.39. The van der Waals surface area contributed by atoms with E-state index in [1.807, 2.05) is 31.7 Å². The second-order valence-electron chi connectivity index (χ2n) is 6.80. The van der Waals surface area contributed by atoms with Crippen molar-refractivity contribution in [1.29, 1.82) is 0 Å². The molecule has 0 radical (unpaired) electrons. The standard InChI is InChI=1S/C20H30N2O4/c1-15-6-7-16(2)20(17(15)3)26-14-19(24)22-10-5-9-21(11-12-22)18(23)8-13-25-4/h6-7H,5,8-14H2,1-4H3. The molecule has 6 heteroatoms. The summed E-state index contributed by atoms with van der Waals surface area (Å²) in [7, 11) is 1.59. The van der Waals surface area contributed by atoms with Crippen LogP contribution in [0.25, 0.3) is 0 Å². The topological polar surface area (TPSA) is 59.1 Å². The van der Waals surface area contributed by atoms with Crippen LogP contribution in [-0.2, 0) is 14.3 Å². The van der Waals surface area contributed by atoms with Crippen molar-refractivity contribution in [2.45, 2.75) is 33.6 Å². The van der Waals surface area contributed by atoms with Gasteiger partial charge in [-0.2, -0.15) is 0 Å². The van der Waals surface area contributed by atoms with E-state index < -0.39 is 0 Å². The number of hydrogen-bond donors (Lipinski definition) is 0. The van der Waals surface area contributed by atoms with E-state index in [9.17, 15) is 9.59 Å². The number of ether oxygens (including phenoxy) is 2. The van der Waals surface area contributed by atoms with Crippen LogP contribution in [0.2, 0.25) is 0 Å². The highest BCUT2D eigenvalue weighted by molar-refractivity contribution is 5.79. The van der Waals surface area contributed by atoms with E-state index in [2.05, 4.69) is 6.07 Å². The molecule has 0 saturated carbocycles. The molecule has 1 aliphatic heterocycles. The zero-order valence-electron chi connectivity index (χ0n) is 16.3. The second-order valence-corrected chi connectivity index (χ2v) is 6.80. The molecule has 2 amide bonds. The van der Waals surface area contributed by atoms with Gasteiger partial charge in [0.05, 0.1) is 13.0 Å². The van der Waals surface area contributed by atoms with E-state index in [1.54, 1.807) is 12.0 Å². The SMILES string of the molecule is COCCC(=O)N1CCCN(C(=O)COc2c(C)ccc(C)c2C)CC1. The maximum Gasteiger partial charge on any atom is 0.260 e. The van der Waals surface area contributed by atoms with Crippen molar-refractivity contribution in [3.05, 3.63) is 28.8 Å². The summed E-state index contributed by atoms with van der Waals surface area (Å²) >= 11 is 0. The van der Waals surface area contributed by atoms with Crippen LogP contribution in [0.3, 0.4) is 0 Å². The smallest absolute Gasteiger partial charge is 0.260 e. The van der Waals surface area contributed by atoms with E-state index in [-0.39, 0.29) is 18.4 Å². The molecular weight excluding hydrogens is 332 g/mol. The van der Waals surface area contributed by atoms with Gasteiger partial charge in [-0.15, -0.1) is 0 Å². The molecule has 2 rings (SSSR count). The van der Waals surface area contributed by atoms with Gasteiger partial charge in [0.1, 0.15) is 5.75 Å². The van der Waals surface area contributed by atoms with Crippen molar-refractivity contribution in [2.24, 2.45) is 0 Å². The lowest BCUT2D eigenvalue weighted by Gasteiger charge is -2.23. The molecule has 0 spiro atoms. The molecule has 0 unspecified atom stereocenters. The molecule has 1 aromatic rings. The van der Waals surface area contributed by atoms with Gasteiger partial charge in [0, 0.05) is 33.3 Å². The van der Waals surface area contributed by atoms with Gasteiger partial charge in [-0.3, -0.25) is 9.59 Å². The number of carbonyl (C=O) groups excluding carboxylic acids is 2. The Morgan fingerprint density at radius 3 is 2.23 bits per heavy atom. The normalized spacial score (nSPS) is 14.9. The molecule has 6 nitrogen and oxygen atoms in total. The van der Waals surface area contributed by atoms with Crippen molar-refractivity contribution in [3.63, 3.8) is 0 Å². The van der Waals surface area contributed by atoms with Gasteiger partial charge < -0.3 is 19.3 Å². The van der Waals surface area contributed by atoms with E-state index in [0.29, 0.717) is 39.2 Å². The summed E-state index contributed by atoms with van der Waals surface area (Å²) in [5.41, 5.74) is 3.26. The quantitative estimate of drug-likeness (QED) is 0.777. The minimum Gasteiger partial charge on any atom is -0.483 e. The van der Waals surface area contributed by atoms with E-state index in [0.717, 1.165) is 28.9 Å². The molecule has 0 bridgehead atoms. The molecule has 0 atom stereocenters. The largest absolute Gasteiger partial charge is 0.483 e. The Labute approximate surface area is 156 Å².